The number of hydrogen-bond acceptors (Lipinski definition) is 5. The van der Waals surface area contributed by atoms with Crippen LogP contribution in [-0.4, -0.2) is 34.1 Å². The third kappa shape index (κ3) is 5.15. The molecule has 152 valence electrons. The van der Waals surface area contributed by atoms with Crippen LogP contribution < -0.4 is 4.74 Å². The second-order valence-corrected chi connectivity index (χ2v) is 7.60. The molecular formula is C22H24ClN3O3. The third-order valence-corrected chi connectivity index (χ3v) is 4.76. The van der Waals surface area contributed by atoms with E-state index < -0.39 is 6.10 Å². The maximum absolute atomic E-state index is 12.7. The van der Waals surface area contributed by atoms with Crippen LogP contribution in [0.3, 0.4) is 0 Å². The van der Waals surface area contributed by atoms with Gasteiger partial charge in [-0.2, -0.15) is 4.98 Å². The monoisotopic (exact) mass is 413 g/mol. The van der Waals surface area contributed by atoms with Crippen LogP contribution in [0.4, 0.5) is 0 Å². The normalized spacial score (nSPS) is 12.1. The summed E-state index contributed by atoms with van der Waals surface area (Å²) in [6, 6.07) is 14.9. The molecule has 0 fully saturated rings. The van der Waals surface area contributed by atoms with E-state index in [0.717, 1.165) is 16.9 Å². The highest BCUT2D eigenvalue weighted by Crippen LogP contribution is 2.27. The fourth-order valence-corrected chi connectivity index (χ4v) is 3.06. The lowest BCUT2D eigenvalue weighted by Gasteiger charge is -2.22. The minimum Gasteiger partial charge on any atom is -0.481 e. The number of benzene rings is 2. The van der Waals surface area contributed by atoms with E-state index >= 15 is 0 Å². The zero-order valence-electron chi connectivity index (χ0n) is 16.9. The molecule has 7 heteroatoms. The average Bonchev–Trinajstić information content (AvgIpc) is 3.16. The van der Waals surface area contributed by atoms with E-state index in [0.29, 0.717) is 22.7 Å². The molecule has 0 aliphatic rings. The molecule has 1 aromatic heterocycles. The molecule has 0 spiro atoms. The Morgan fingerprint density at radius 1 is 1.14 bits per heavy atom. The standard InChI is InChI=1S/C22H24ClN3O3/c1-14(2)18-7-5-6-8-19(18)28-15(3)22(27)26(4)13-20-24-21(25-29-20)16-9-11-17(23)12-10-16/h5-12,14-15H,13H2,1-4H3/t15-/m0/s1. The summed E-state index contributed by atoms with van der Waals surface area (Å²) in [5.41, 5.74) is 1.86. The van der Waals surface area contributed by atoms with Crippen molar-refractivity contribution in [1.82, 2.24) is 15.0 Å². The Kier molecular flexibility index (Phi) is 6.54. The average molecular weight is 414 g/mol. The molecule has 0 bridgehead atoms. The van der Waals surface area contributed by atoms with Gasteiger partial charge in [0.25, 0.3) is 5.91 Å². The Bertz CT molecular complexity index is 969. The Hall–Kier alpha value is -2.86. The van der Waals surface area contributed by atoms with Crippen LogP contribution in [0.15, 0.2) is 53.1 Å². The second kappa shape index (κ2) is 9.09. The molecule has 0 aliphatic carbocycles. The summed E-state index contributed by atoms with van der Waals surface area (Å²) in [7, 11) is 1.68. The number of para-hydroxylation sites is 1. The maximum atomic E-state index is 12.7. The molecule has 1 heterocycles. The molecule has 6 nitrogen and oxygen atoms in total. The molecule has 0 N–H and O–H groups in total. The van der Waals surface area contributed by atoms with E-state index in [-0.39, 0.29) is 12.5 Å². The van der Waals surface area contributed by atoms with Crippen LogP contribution in [0.5, 0.6) is 5.75 Å². The van der Waals surface area contributed by atoms with Gasteiger partial charge in [-0.25, -0.2) is 0 Å². The SMILES string of the molecule is CC(C)c1ccccc1O[C@@H](C)C(=O)N(C)Cc1nc(-c2ccc(Cl)cc2)no1. The summed E-state index contributed by atoms with van der Waals surface area (Å²) in [5.74, 6) is 1.65. The van der Waals surface area contributed by atoms with Gasteiger partial charge in [-0.15, -0.1) is 0 Å². The number of carbonyl (C=O) groups is 1. The first-order chi connectivity index (χ1) is 13.8. The summed E-state index contributed by atoms with van der Waals surface area (Å²) in [5, 5.41) is 4.61. The van der Waals surface area contributed by atoms with E-state index in [1.807, 2.05) is 36.4 Å². The number of likely N-dealkylation sites (N-methyl/N-ethyl adjacent to an activating group) is 1. The van der Waals surface area contributed by atoms with Crippen LogP contribution in [0.25, 0.3) is 11.4 Å². The zero-order chi connectivity index (χ0) is 21.0. The van der Waals surface area contributed by atoms with Gasteiger partial charge in [-0.1, -0.05) is 48.8 Å². The fourth-order valence-electron chi connectivity index (χ4n) is 2.93. The number of rotatable bonds is 7. The minimum atomic E-state index is -0.640. The number of hydrogen-bond donors (Lipinski definition) is 0. The number of nitrogens with zero attached hydrogens (tertiary/aromatic N) is 3. The van der Waals surface area contributed by atoms with Crippen molar-refractivity contribution in [2.75, 3.05) is 7.05 Å². The van der Waals surface area contributed by atoms with Gasteiger partial charge in [-0.05, 0) is 48.7 Å². The molecule has 1 atom stereocenters. The highest BCUT2D eigenvalue weighted by atomic mass is 35.5. The van der Waals surface area contributed by atoms with Gasteiger partial charge in [0, 0.05) is 17.6 Å². The Balaban J connectivity index is 1.64. The third-order valence-electron chi connectivity index (χ3n) is 4.51. The van der Waals surface area contributed by atoms with Crippen LogP contribution in [-0.2, 0) is 11.3 Å². The lowest BCUT2D eigenvalue weighted by molar-refractivity contribution is -0.137. The van der Waals surface area contributed by atoms with Crippen molar-refractivity contribution in [3.05, 3.63) is 65.0 Å². The quantitative estimate of drug-likeness (QED) is 0.548. The summed E-state index contributed by atoms with van der Waals surface area (Å²) >= 11 is 5.90. The lowest BCUT2D eigenvalue weighted by atomic mass is 10.0. The molecule has 0 unspecified atom stereocenters. The van der Waals surface area contributed by atoms with Gasteiger partial charge in [0.1, 0.15) is 5.75 Å². The summed E-state index contributed by atoms with van der Waals surface area (Å²) < 4.78 is 11.2. The molecule has 2 aromatic carbocycles. The van der Waals surface area contributed by atoms with Crippen molar-refractivity contribution in [2.45, 2.75) is 39.3 Å². The van der Waals surface area contributed by atoms with Crippen LogP contribution in [0.1, 0.15) is 38.1 Å². The Morgan fingerprint density at radius 3 is 2.52 bits per heavy atom. The predicted molar refractivity (Wildman–Crippen MR) is 112 cm³/mol. The van der Waals surface area contributed by atoms with E-state index in [9.17, 15) is 4.79 Å². The van der Waals surface area contributed by atoms with Crippen molar-refractivity contribution in [1.29, 1.82) is 0 Å². The maximum Gasteiger partial charge on any atom is 0.263 e. The molecule has 0 radical (unpaired) electrons. The zero-order valence-corrected chi connectivity index (χ0v) is 17.7. The van der Waals surface area contributed by atoms with E-state index in [1.54, 1.807) is 26.1 Å². The number of ether oxygens (including phenoxy) is 1. The summed E-state index contributed by atoms with van der Waals surface area (Å²) in [6.07, 6.45) is -0.640. The van der Waals surface area contributed by atoms with E-state index in [4.69, 9.17) is 20.9 Å². The van der Waals surface area contributed by atoms with Gasteiger partial charge in [0.2, 0.25) is 11.7 Å². The molecule has 1 amide bonds. The van der Waals surface area contributed by atoms with E-state index in [1.165, 1.54) is 4.90 Å². The van der Waals surface area contributed by atoms with E-state index in [2.05, 4.69) is 24.0 Å². The number of amides is 1. The second-order valence-electron chi connectivity index (χ2n) is 7.17. The first-order valence-electron chi connectivity index (χ1n) is 9.44. The minimum absolute atomic E-state index is 0.171. The Labute approximate surface area is 175 Å². The number of carbonyl (C=O) groups excluding carboxylic acids is 1. The number of halogens is 1. The van der Waals surface area contributed by atoms with Crippen LogP contribution >= 0.6 is 11.6 Å². The molecule has 29 heavy (non-hydrogen) atoms. The first-order valence-corrected chi connectivity index (χ1v) is 9.82. The lowest BCUT2D eigenvalue weighted by Crippen LogP contribution is -2.37. The largest absolute Gasteiger partial charge is 0.481 e. The van der Waals surface area contributed by atoms with Crippen molar-refractivity contribution in [3.63, 3.8) is 0 Å². The Morgan fingerprint density at radius 2 is 1.83 bits per heavy atom. The van der Waals surface area contributed by atoms with Gasteiger partial charge < -0.3 is 14.2 Å². The van der Waals surface area contributed by atoms with Crippen molar-refractivity contribution in [3.8, 4) is 17.1 Å². The van der Waals surface area contributed by atoms with Gasteiger partial charge >= 0.3 is 0 Å². The molecule has 3 rings (SSSR count). The van der Waals surface area contributed by atoms with Gasteiger partial charge in [0.05, 0.1) is 6.54 Å². The molecule has 0 saturated carbocycles. The topological polar surface area (TPSA) is 68.5 Å². The molecular weight excluding hydrogens is 390 g/mol. The highest BCUT2D eigenvalue weighted by molar-refractivity contribution is 6.30. The predicted octanol–water partition coefficient (Wildman–Crippen LogP) is 4.94. The first kappa shape index (κ1) is 20.9. The molecule has 0 aliphatic heterocycles. The van der Waals surface area contributed by atoms with Crippen LogP contribution in [0, 0.1) is 0 Å². The number of aromatic nitrogens is 2. The van der Waals surface area contributed by atoms with Crippen molar-refractivity contribution < 1.29 is 14.1 Å². The van der Waals surface area contributed by atoms with Crippen molar-refractivity contribution >= 4 is 17.5 Å². The summed E-state index contributed by atoms with van der Waals surface area (Å²) in [4.78, 5) is 18.6. The van der Waals surface area contributed by atoms with Gasteiger partial charge in [0.15, 0.2) is 6.10 Å². The van der Waals surface area contributed by atoms with Gasteiger partial charge in [-0.3, -0.25) is 4.79 Å². The molecule has 0 saturated heterocycles. The highest BCUT2D eigenvalue weighted by Gasteiger charge is 2.22. The fraction of sp³-hybridized carbons (Fsp3) is 0.318. The smallest absolute Gasteiger partial charge is 0.263 e. The summed E-state index contributed by atoms with van der Waals surface area (Å²) in [6.45, 7) is 6.12. The van der Waals surface area contributed by atoms with Crippen LogP contribution in [0.2, 0.25) is 5.02 Å². The van der Waals surface area contributed by atoms with Crippen molar-refractivity contribution in [2.24, 2.45) is 0 Å². The molecule has 3 aromatic rings.